The molecule has 0 bridgehead atoms. The number of aryl methyl sites for hydroxylation is 2. The monoisotopic (exact) mass is 379 g/mol. The van der Waals surface area contributed by atoms with E-state index in [4.69, 9.17) is 4.74 Å². The van der Waals surface area contributed by atoms with Crippen LogP contribution in [0.25, 0.3) is 0 Å². The molecule has 4 rings (SSSR count). The van der Waals surface area contributed by atoms with E-state index in [0.717, 1.165) is 24.3 Å². The number of hydrogen-bond acceptors (Lipinski definition) is 5. The maximum Gasteiger partial charge on any atom is 0.331 e. The van der Waals surface area contributed by atoms with Crippen molar-refractivity contribution < 1.29 is 14.3 Å². The number of ether oxygens (including phenoxy) is 1. The fourth-order valence-corrected chi connectivity index (χ4v) is 3.80. The summed E-state index contributed by atoms with van der Waals surface area (Å²) in [5.41, 5.74) is 4.32. The van der Waals surface area contributed by atoms with Crippen LogP contribution in [0, 0.1) is 13.8 Å². The molecule has 1 amide bonds. The molecule has 0 aliphatic carbocycles. The van der Waals surface area contributed by atoms with Gasteiger partial charge in [-0.15, -0.1) is 0 Å². The number of rotatable bonds is 3. The summed E-state index contributed by atoms with van der Waals surface area (Å²) in [5, 5.41) is 0. The second-order valence-electron chi connectivity index (χ2n) is 7.51. The number of carbonyl (C=O) groups is 2. The van der Waals surface area contributed by atoms with Crippen LogP contribution >= 0.6 is 0 Å². The predicted octanol–water partition coefficient (Wildman–Crippen LogP) is 2.38. The lowest BCUT2D eigenvalue weighted by Gasteiger charge is -2.38. The Kier molecular flexibility index (Phi) is 4.94. The highest BCUT2D eigenvalue weighted by atomic mass is 16.5. The number of amides is 1. The molecule has 2 aromatic carbocycles. The lowest BCUT2D eigenvalue weighted by molar-refractivity contribution is -0.133. The van der Waals surface area contributed by atoms with Gasteiger partial charge in [0.2, 0.25) is 5.91 Å². The van der Waals surface area contributed by atoms with E-state index in [-0.39, 0.29) is 25.0 Å². The third kappa shape index (κ3) is 3.81. The molecule has 0 spiro atoms. The van der Waals surface area contributed by atoms with Crippen molar-refractivity contribution in [3.05, 3.63) is 53.6 Å². The second kappa shape index (κ2) is 7.54. The van der Waals surface area contributed by atoms with E-state index < -0.39 is 0 Å². The first-order valence-corrected chi connectivity index (χ1v) is 9.65. The van der Waals surface area contributed by atoms with Gasteiger partial charge in [-0.1, -0.05) is 18.2 Å². The smallest absolute Gasteiger partial charge is 0.331 e. The minimum absolute atomic E-state index is 0.0473. The molecule has 6 heteroatoms. The Morgan fingerprint density at radius 3 is 2.50 bits per heavy atom. The van der Waals surface area contributed by atoms with Crippen molar-refractivity contribution in [2.24, 2.45) is 0 Å². The first kappa shape index (κ1) is 18.3. The van der Waals surface area contributed by atoms with Crippen LogP contribution in [-0.2, 0) is 9.59 Å². The molecule has 0 atom stereocenters. The van der Waals surface area contributed by atoms with Gasteiger partial charge in [0.25, 0.3) is 0 Å². The van der Waals surface area contributed by atoms with E-state index in [9.17, 15) is 9.59 Å². The zero-order chi connectivity index (χ0) is 19.7. The van der Waals surface area contributed by atoms with Gasteiger partial charge in [0.1, 0.15) is 6.54 Å². The minimum atomic E-state index is -0.326. The van der Waals surface area contributed by atoms with Crippen molar-refractivity contribution in [3.8, 4) is 5.75 Å². The zero-order valence-electron chi connectivity index (χ0n) is 16.4. The topological polar surface area (TPSA) is 53.1 Å². The van der Waals surface area contributed by atoms with E-state index in [0.29, 0.717) is 18.8 Å². The number of anilines is 2. The third-order valence-electron chi connectivity index (χ3n) is 5.32. The summed E-state index contributed by atoms with van der Waals surface area (Å²) in [6.07, 6.45) is 0. The minimum Gasteiger partial charge on any atom is -0.423 e. The van der Waals surface area contributed by atoms with Gasteiger partial charge in [-0.25, -0.2) is 4.79 Å². The Morgan fingerprint density at radius 1 is 1.00 bits per heavy atom. The fraction of sp³-hybridized carbons (Fsp3) is 0.364. The van der Waals surface area contributed by atoms with E-state index in [1.54, 1.807) is 6.07 Å². The summed E-state index contributed by atoms with van der Waals surface area (Å²) in [7, 11) is 0. The molecule has 1 saturated heterocycles. The van der Waals surface area contributed by atoms with Crippen LogP contribution in [0.1, 0.15) is 11.1 Å². The Morgan fingerprint density at radius 2 is 1.75 bits per heavy atom. The number of benzene rings is 2. The summed E-state index contributed by atoms with van der Waals surface area (Å²) in [6, 6.07) is 14.1. The highest BCUT2D eigenvalue weighted by Crippen LogP contribution is 2.32. The summed E-state index contributed by atoms with van der Waals surface area (Å²) in [4.78, 5) is 30.8. The molecule has 2 aromatic rings. The molecule has 0 radical (unpaired) electrons. The van der Waals surface area contributed by atoms with E-state index in [1.165, 1.54) is 11.3 Å². The van der Waals surface area contributed by atoms with Crippen LogP contribution in [0.4, 0.5) is 11.4 Å². The molecule has 0 N–H and O–H groups in total. The molecule has 0 unspecified atom stereocenters. The highest BCUT2D eigenvalue weighted by Gasteiger charge is 2.28. The van der Waals surface area contributed by atoms with E-state index in [2.05, 4.69) is 36.1 Å². The van der Waals surface area contributed by atoms with Gasteiger partial charge in [-0.3, -0.25) is 4.79 Å². The standard InChI is InChI=1S/C22H25N3O3/c1-16-4-3-5-18(12-16)23-8-10-24(11-9-23)21(26)14-25-15-22(27)28-20-7-6-17(2)13-19(20)25/h3-7,12-13H,8-11,14-15H2,1-2H3. The fourth-order valence-electron chi connectivity index (χ4n) is 3.80. The second-order valence-corrected chi connectivity index (χ2v) is 7.51. The molecule has 2 heterocycles. The van der Waals surface area contributed by atoms with Crippen molar-refractivity contribution in [2.75, 3.05) is 49.1 Å². The third-order valence-corrected chi connectivity index (χ3v) is 5.32. The molecular formula is C22H25N3O3. The van der Waals surface area contributed by atoms with Crippen LogP contribution < -0.4 is 14.5 Å². The lowest BCUT2D eigenvalue weighted by Crippen LogP contribution is -2.52. The van der Waals surface area contributed by atoms with E-state index in [1.807, 2.05) is 28.9 Å². The number of fused-ring (bicyclic) bond motifs is 1. The van der Waals surface area contributed by atoms with Crippen LogP contribution in [0.2, 0.25) is 0 Å². The number of piperazine rings is 1. The van der Waals surface area contributed by atoms with Gasteiger partial charge >= 0.3 is 5.97 Å². The largest absolute Gasteiger partial charge is 0.423 e. The van der Waals surface area contributed by atoms with Crippen LogP contribution in [0.3, 0.4) is 0 Å². The Bertz CT molecular complexity index is 904. The average molecular weight is 379 g/mol. The lowest BCUT2D eigenvalue weighted by atomic mass is 10.1. The highest BCUT2D eigenvalue weighted by molar-refractivity contribution is 5.89. The molecule has 146 valence electrons. The summed E-state index contributed by atoms with van der Waals surface area (Å²) < 4.78 is 5.30. The van der Waals surface area contributed by atoms with Crippen molar-refractivity contribution in [1.82, 2.24) is 4.90 Å². The van der Waals surface area contributed by atoms with Crippen LogP contribution in [0.15, 0.2) is 42.5 Å². The van der Waals surface area contributed by atoms with Crippen LogP contribution in [-0.4, -0.2) is 56.0 Å². The number of nitrogens with zero attached hydrogens (tertiary/aromatic N) is 3. The predicted molar refractivity (Wildman–Crippen MR) is 109 cm³/mol. The molecule has 0 saturated carbocycles. The first-order chi connectivity index (χ1) is 13.5. The van der Waals surface area contributed by atoms with Crippen molar-refractivity contribution in [1.29, 1.82) is 0 Å². The van der Waals surface area contributed by atoms with Gasteiger partial charge in [0.15, 0.2) is 5.75 Å². The SMILES string of the molecule is Cc1cccc(N2CCN(C(=O)CN3CC(=O)Oc4ccc(C)cc43)CC2)c1. The molecule has 28 heavy (non-hydrogen) atoms. The first-order valence-electron chi connectivity index (χ1n) is 9.65. The summed E-state index contributed by atoms with van der Waals surface area (Å²) in [5.74, 6) is 0.249. The molecule has 2 aliphatic heterocycles. The van der Waals surface area contributed by atoms with Gasteiger partial charge in [-0.05, 0) is 49.2 Å². The Balaban J connectivity index is 1.40. The molecule has 6 nitrogen and oxygen atoms in total. The molecule has 0 aromatic heterocycles. The summed E-state index contributed by atoms with van der Waals surface area (Å²) >= 11 is 0. The van der Waals surface area contributed by atoms with Gasteiger partial charge in [0.05, 0.1) is 12.2 Å². The molecular weight excluding hydrogens is 354 g/mol. The Hall–Kier alpha value is -3.02. The van der Waals surface area contributed by atoms with Gasteiger partial charge < -0.3 is 19.4 Å². The van der Waals surface area contributed by atoms with Crippen molar-refractivity contribution >= 4 is 23.3 Å². The number of esters is 1. The van der Waals surface area contributed by atoms with Gasteiger partial charge in [0, 0.05) is 31.9 Å². The number of carbonyl (C=O) groups excluding carboxylic acids is 2. The van der Waals surface area contributed by atoms with Gasteiger partial charge in [-0.2, -0.15) is 0 Å². The normalized spacial score (nSPS) is 16.6. The van der Waals surface area contributed by atoms with Crippen molar-refractivity contribution in [2.45, 2.75) is 13.8 Å². The van der Waals surface area contributed by atoms with Crippen molar-refractivity contribution in [3.63, 3.8) is 0 Å². The Labute approximate surface area is 165 Å². The maximum absolute atomic E-state index is 12.9. The van der Waals surface area contributed by atoms with E-state index >= 15 is 0 Å². The zero-order valence-corrected chi connectivity index (χ0v) is 16.4. The van der Waals surface area contributed by atoms with Crippen LogP contribution in [0.5, 0.6) is 5.75 Å². The molecule has 2 aliphatic rings. The molecule has 1 fully saturated rings. The maximum atomic E-state index is 12.9. The number of hydrogen-bond donors (Lipinski definition) is 0. The average Bonchev–Trinajstić information content (AvgIpc) is 2.68. The quantitative estimate of drug-likeness (QED) is 0.605. The summed E-state index contributed by atoms with van der Waals surface area (Å²) in [6.45, 7) is 7.37.